The second-order valence-corrected chi connectivity index (χ2v) is 9.23. The van der Waals surface area contributed by atoms with Crippen molar-refractivity contribution in [3.63, 3.8) is 0 Å². The van der Waals surface area contributed by atoms with Gasteiger partial charge in [-0.3, -0.25) is 9.89 Å². The van der Waals surface area contributed by atoms with Crippen LogP contribution in [0.2, 0.25) is 5.28 Å². The fourth-order valence-electron chi connectivity index (χ4n) is 5.12. The first-order chi connectivity index (χ1) is 15.6. The molecule has 168 valence electrons. The lowest BCUT2D eigenvalue weighted by Gasteiger charge is -2.45. The molecule has 4 unspecified atom stereocenters. The Bertz CT molecular complexity index is 1010. The van der Waals surface area contributed by atoms with Crippen LogP contribution in [0, 0.1) is 0 Å². The highest BCUT2D eigenvalue weighted by Gasteiger charge is 2.42. The van der Waals surface area contributed by atoms with E-state index < -0.39 is 0 Å². The number of ether oxygens (including phenoxy) is 1. The molecule has 1 aromatic heterocycles. The van der Waals surface area contributed by atoms with E-state index >= 15 is 0 Å². The second-order valence-electron chi connectivity index (χ2n) is 8.89. The highest BCUT2D eigenvalue weighted by Crippen LogP contribution is 2.42. The predicted octanol–water partition coefficient (Wildman–Crippen LogP) is 5.38. The minimum Gasteiger partial charge on any atom is -0.373 e. The second kappa shape index (κ2) is 9.20. The lowest BCUT2D eigenvalue weighted by Crippen LogP contribution is -2.55. The molecule has 2 aliphatic heterocycles. The highest BCUT2D eigenvalue weighted by atomic mass is 35.5. The van der Waals surface area contributed by atoms with Crippen LogP contribution in [0.1, 0.15) is 51.5 Å². The molecule has 5 rings (SSSR count). The third-order valence-electron chi connectivity index (χ3n) is 6.66. The van der Waals surface area contributed by atoms with Gasteiger partial charge in [-0.05, 0) is 56.2 Å². The number of nitrogens with zero attached hydrogens (tertiary/aromatic N) is 5. The SMILES string of the molecule is CCC1C2=NC(C)CC=CN2c2cnc(Cl)nc2N1C1CCC(OCc2ccccc2)C1. The van der Waals surface area contributed by atoms with Gasteiger partial charge in [0.05, 0.1) is 31.0 Å². The van der Waals surface area contributed by atoms with Crippen molar-refractivity contribution < 1.29 is 4.74 Å². The van der Waals surface area contributed by atoms with Crippen molar-refractivity contribution in [2.24, 2.45) is 4.99 Å². The molecule has 1 fully saturated rings. The summed E-state index contributed by atoms with van der Waals surface area (Å²) in [4.78, 5) is 18.7. The van der Waals surface area contributed by atoms with Crippen molar-refractivity contribution in [1.82, 2.24) is 9.97 Å². The van der Waals surface area contributed by atoms with Crippen molar-refractivity contribution >= 4 is 28.9 Å². The molecular weight excluding hydrogens is 422 g/mol. The Balaban J connectivity index is 1.43. The van der Waals surface area contributed by atoms with Gasteiger partial charge in [0.2, 0.25) is 5.28 Å². The van der Waals surface area contributed by atoms with Crippen LogP contribution in [-0.2, 0) is 11.3 Å². The summed E-state index contributed by atoms with van der Waals surface area (Å²) in [5, 5.41) is 0.283. The summed E-state index contributed by atoms with van der Waals surface area (Å²) in [5.41, 5.74) is 2.17. The summed E-state index contributed by atoms with van der Waals surface area (Å²) < 4.78 is 6.30. The molecule has 7 heteroatoms. The standard InChI is InChI=1S/C25H30ClN5O/c1-3-21-23-28-17(2)8-7-13-30(23)22-15-27-25(26)29-24(22)31(21)19-11-12-20(14-19)32-16-18-9-5-4-6-10-18/h4-7,9-10,13,15,17,19-21H,3,8,11-12,14,16H2,1-2H3. The average Bonchev–Trinajstić information content (AvgIpc) is 3.18. The van der Waals surface area contributed by atoms with Gasteiger partial charge in [0.1, 0.15) is 11.5 Å². The van der Waals surface area contributed by atoms with Crippen LogP contribution in [0.4, 0.5) is 11.5 Å². The molecule has 0 amide bonds. The van der Waals surface area contributed by atoms with Gasteiger partial charge in [-0.15, -0.1) is 0 Å². The Labute approximate surface area is 195 Å². The van der Waals surface area contributed by atoms with E-state index in [2.05, 4.69) is 65.2 Å². The molecule has 32 heavy (non-hydrogen) atoms. The fraction of sp³-hybridized carbons (Fsp3) is 0.480. The summed E-state index contributed by atoms with van der Waals surface area (Å²) >= 11 is 6.28. The monoisotopic (exact) mass is 451 g/mol. The van der Waals surface area contributed by atoms with Gasteiger partial charge in [-0.1, -0.05) is 43.3 Å². The number of hydrogen-bond donors (Lipinski definition) is 0. The van der Waals surface area contributed by atoms with Crippen molar-refractivity contribution in [2.75, 3.05) is 9.80 Å². The number of fused-ring (bicyclic) bond motifs is 3. The predicted molar refractivity (Wildman–Crippen MR) is 129 cm³/mol. The van der Waals surface area contributed by atoms with Crippen LogP contribution in [0.5, 0.6) is 0 Å². The van der Waals surface area contributed by atoms with E-state index in [0.29, 0.717) is 12.6 Å². The van der Waals surface area contributed by atoms with Gasteiger partial charge in [-0.25, -0.2) is 4.98 Å². The minimum atomic E-state index is 0.150. The van der Waals surface area contributed by atoms with E-state index in [4.69, 9.17) is 26.3 Å². The van der Waals surface area contributed by atoms with Crippen LogP contribution < -0.4 is 9.80 Å². The molecule has 0 N–H and O–H groups in total. The van der Waals surface area contributed by atoms with Gasteiger partial charge in [0.25, 0.3) is 0 Å². The largest absolute Gasteiger partial charge is 0.373 e. The number of benzene rings is 1. The Morgan fingerprint density at radius 2 is 2.03 bits per heavy atom. The minimum absolute atomic E-state index is 0.150. The van der Waals surface area contributed by atoms with E-state index in [-0.39, 0.29) is 23.5 Å². The average molecular weight is 452 g/mol. The zero-order chi connectivity index (χ0) is 22.1. The van der Waals surface area contributed by atoms with Crippen molar-refractivity contribution in [3.8, 4) is 0 Å². The van der Waals surface area contributed by atoms with Crippen molar-refractivity contribution in [2.45, 2.75) is 76.8 Å². The topological polar surface area (TPSA) is 53.9 Å². The lowest BCUT2D eigenvalue weighted by molar-refractivity contribution is 0.0446. The normalized spacial score (nSPS) is 27.0. The van der Waals surface area contributed by atoms with Crippen LogP contribution in [-0.4, -0.2) is 40.0 Å². The zero-order valence-corrected chi connectivity index (χ0v) is 19.4. The molecule has 3 aliphatic rings. The third-order valence-corrected chi connectivity index (χ3v) is 6.84. The molecule has 1 saturated carbocycles. The Morgan fingerprint density at radius 1 is 1.19 bits per heavy atom. The maximum atomic E-state index is 6.30. The third kappa shape index (κ3) is 4.14. The zero-order valence-electron chi connectivity index (χ0n) is 18.7. The van der Waals surface area contributed by atoms with Gasteiger partial charge in [-0.2, -0.15) is 4.98 Å². The molecule has 6 nitrogen and oxygen atoms in total. The van der Waals surface area contributed by atoms with E-state index in [1.807, 2.05) is 12.3 Å². The van der Waals surface area contributed by atoms with E-state index in [1.54, 1.807) is 0 Å². The van der Waals surface area contributed by atoms with Gasteiger partial charge >= 0.3 is 0 Å². The smallest absolute Gasteiger partial charge is 0.224 e. The van der Waals surface area contributed by atoms with Crippen molar-refractivity contribution in [3.05, 3.63) is 59.7 Å². The van der Waals surface area contributed by atoms with E-state index in [0.717, 1.165) is 49.4 Å². The van der Waals surface area contributed by atoms with Gasteiger partial charge < -0.3 is 9.64 Å². The molecule has 0 spiro atoms. The Kier molecular flexibility index (Phi) is 6.15. The first-order valence-electron chi connectivity index (χ1n) is 11.6. The molecule has 4 atom stereocenters. The number of aliphatic imine (C=N–C) groups is 1. The number of hydrogen-bond acceptors (Lipinski definition) is 6. The van der Waals surface area contributed by atoms with Crippen LogP contribution in [0.15, 0.2) is 53.8 Å². The molecule has 2 aromatic rings. The summed E-state index contributed by atoms with van der Waals surface area (Å²) in [6, 6.07) is 11.1. The maximum absolute atomic E-state index is 6.30. The Hall–Kier alpha value is -2.44. The van der Waals surface area contributed by atoms with Gasteiger partial charge in [0, 0.05) is 12.2 Å². The lowest BCUT2D eigenvalue weighted by atomic mass is 10.0. The fourth-order valence-corrected chi connectivity index (χ4v) is 5.25. The number of amidine groups is 1. The summed E-state index contributed by atoms with van der Waals surface area (Å²) in [6.45, 7) is 5.06. The van der Waals surface area contributed by atoms with Crippen LogP contribution in [0.25, 0.3) is 0 Å². The number of halogens is 1. The summed E-state index contributed by atoms with van der Waals surface area (Å²) in [5.74, 6) is 1.99. The van der Waals surface area contributed by atoms with Crippen molar-refractivity contribution in [1.29, 1.82) is 0 Å². The molecule has 0 saturated heterocycles. The van der Waals surface area contributed by atoms with Crippen LogP contribution in [0.3, 0.4) is 0 Å². The van der Waals surface area contributed by atoms with Crippen LogP contribution >= 0.6 is 11.6 Å². The number of rotatable bonds is 5. The summed E-state index contributed by atoms with van der Waals surface area (Å²) in [6.07, 6.45) is 11.3. The number of aromatic nitrogens is 2. The molecular formula is C25H30ClN5O. The molecule has 1 aromatic carbocycles. The van der Waals surface area contributed by atoms with Gasteiger partial charge in [0.15, 0.2) is 5.82 Å². The first-order valence-corrected chi connectivity index (χ1v) is 12.0. The Morgan fingerprint density at radius 3 is 2.84 bits per heavy atom. The molecule has 1 aliphatic carbocycles. The number of anilines is 2. The highest BCUT2D eigenvalue weighted by molar-refractivity contribution is 6.28. The molecule has 0 bridgehead atoms. The van der Waals surface area contributed by atoms with E-state index in [1.165, 1.54) is 5.56 Å². The molecule has 0 radical (unpaired) electrons. The van der Waals surface area contributed by atoms with E-state index in [9.17, 15) is 0 Å². The maximum Gasteiger partial charge on any atom is 0.224 e. The first kappa shape index (κ1) is 21.4. The molecule has 3 heterocycles. The summed E-state index contributed by atoms with van der Waals surface area (Å²) in [7, 11) is 0. The quantitative estimate of drug-likeness (QED) is 0.571.